The van der Waals surface area contributed by atoms with Crippen LogP contribution in [-0.2, 0) is 12.5 Å². The highest BCUT2D eigenvalue weighted by Gasteiger charge is 2.22. The van der Waals surface area contributed by atoms with Crippen LogP contribution < -0.4 is 16.2 Å². The van der Waals surface area contributed by atoms with Gasteiger partial charge in [0.2, 0.25) is 0 Å². The summed E-state index contributed by atoms with van der Waals surface area (Å²) in [5.74, 6) is 0.539. The molecule has 40 heavy (non-hydrogen) atoms. The number of rotatable bonds is 4. The zero-order valence-corrected chi connectivity index (χ0v) is 22.6. The maximum Gasteiger partial charge on any atom is 0.324 e. The molecule has 0 radical (unpaired) electrons. The highest BCUT2D eigenvalue weighted by atomic mass is 16.2. The molecule has 0 atom stereocenters. The van der Waals surface area contributed by atoms with E-state index in [1.807, 2.05) is 42.6 Å². The van der Waals surface area contributed by atoms with Gasteiger partial charge < -0.3 is 10.3 Å². The summed E-state index contributed by atoms with van der Waals surface area (Å²) in [6, 6.07) is 18.4. The molecule has 2 amide bonds. The van der Waals surface area contributed by atoms with Crippen LogP contribution in [0.2, 0.25) is 0 Å². The first-order valence-electron chi connectivity index (χ1n) is 12.8. The molecule has 4 heterocycles. The molecule has 0 unspecified atom stereocenters. The Bertz CT molecular complexity index is 1960. The lowest BCUT2D eigenvalue weighted by molar-refractivity contribution is 0.262. The average molecular weight is 533 g/mol. The van der Waals surface area contributed by atoms with Gasteiger partial charge in [-0.15, -0.1) is 0 Å². The van der Waals surface area contributed by atoms with Gasteiger partial charge in [-0.1, -0.05) is 32.9 Å². The number of carbonyl (C=O) groups is 1. The van der Waals surface area contributed by atoms with Crippen molar-refractivity contribution < 1.29 is 4.79 Å². The second kappa shape index (κ2) is 9.49. The predicted molar refractivity (Wildman–Crippen MR) is 157 cm³/mol. The Morgan fingerprint density at radius 2 is 1.82 bits per heavy atom. The standard InChI is InChI=1S/C30H28N8O2/c1-30(2,3)25-15-26(38(36-25)22-8-9-24-19(13-22)10-11-32-24)35-29(40)34-21-7-5-6-18(12-21)23-14-20-16-31-17-33-27(20)37(4)28(23)39/h5-17,32H,1-4H3,(H2,34,35,40). The van der Waals surface area contributed by atoms with Gasteiger partial charge in [-0.3, -0.25) is 14.7 Å². The van der Waals surface area contributed by atoms with Crippen molar-refractivity contribution in [1.29, 1.82) is 0 Å². The maximum absolute atomic E-state index is 13.2. The Balaban J connectivity index is 1.30. The summed E-state index contributed by atoms with van der Waals surface area (Å²) in [4.78, 5) is 37.7. The number of aromatic nitrogens is 6. The summed E-state index contributed by atoms with van der Waals surface area (Å²) in [5, 5.41) is 12.5. The number of hydrogen-bond acceptors (Lipinski definition) is 5. The van der Waals surface area contributed by atoms with Gasteiger partial charge in [0.15, 0.2) is 0 Å². The molecule has 0 aliphatic carbocycles. The van der Waals surface area contributed by atoms with Gasteiger partial charge >= 0.3 is 6.03 Å². The molecule has 6 aromatic rings. The number of carbonyl (C=O) groups excluding carboxylic acids is 1. The first-order valence-corrected chi connectivity index (χ1v) is 12.8. The van der Waals surface area contributed by atoms with Crippen LogP contribution >= 0.6 is 0 Å². The number of benzene rings is 2. The van der Waals surface area contributed by atoms with E-state index in [4.69, 9.17) is 5.10 Å². The molecule has 10 nitrogen and oxygen atoms in total. The van der Waals surface area contributed by atoms with Crippen LogP contribution in [0.15, 0.2) is 84.2 Å². The second-order valence-corrected chi connectivity index (χ2v) is 10.7. The molecule has 6 rings (SSSR count). The van der Waals surface area contributed by atoms with Crippen molar-refractivity contribution in [2.24, 2.45) is 7.05 Å². The van der Waals surface area contributed by atoms with Crippen LogP contribution in [0, 0.1) is 0 Å². The van der Waals surface area contributed by atoms with E-state index in [0.717, 1.165) is 27.7 Å². The van der Waals surface area contributed by atoms with Crippen molar-refractivity contribution >= 4 is 39.5 Å². The fraction of sp³-hybridized carbons (Fsp3) is 0.167. The van der Waals surface area contributed by atoms with Gasteiger partial charge in [0.25, 0.3) is 5.56 Å². The van der Waals surface area contributed by atoms with E-state index in [1.165, 1.54) is 10.9 Å². The van der Waals surface area contributed by atoms with Crippen molar-refractivity contribution in [1.82, 2.24) is 29.3 Å². The largest absolute Gasteiger partial charge is 0.361 e. The van der Waals surface area contributed by atoms with E-state index in [1.54, 1.807) is 42.2 Å². The molecule has 0 fully saturated rings. The summed E-state index contributed by atoms with van der Waals surface area (Å²) >= 11 is 0. The maximum atomic E-state index is 13.2. The summed E-state index contributed by atoms with van der Waals surface area (Å²) in [6.45, 7) is 6.23. The number of hydrogen-bond donors (Lipinski definition) is 3. The smallest absolute Gasteiger partial charge is 0.324 e. The lowest BCUT2D eigenvalue weighted by Gasteiger charge is -2.14. The van der Waals surface area contributed by atoms with E-state index >= 15 is 0 Å². The minimum atomic E-state index is -0.429. The minimum absolute atomic E-state index is 0.189. The van der Waals surface area contributed by atoms with Crippen molar-refractivity contribution in [2.75, 3.05) is 10.6 Å². The number of aryl methyl sites for hydroxylation is 1. The molecule has 0 bridgehead atoms. The summed E-state index contributed by atoms with van der Waals surface area (Å²) < 4.78 is 3.24. The SMILES string of the molecule is Cn1c(=O)c(-c2cccc(NC(=O)Nc3cc(C(C)(C)C)nn3-c3ccc4[nH]ccc4c3)c2)cc2cncnc21. The lowest BCUT2D eigenvalue weighted by Crippen LogP contribution is -2.22. The third kappa shape index (κ3) is 4.60. The quantitative estimate of drug-likeness (QED) is 0.273. The number of pyridine rings is 1. The Kier molecular flexibility index (Phi) is 5.95. The van der Waals surface area contributed by atoms with Crippen molar-refractivity contribution in [3.63, 3.8) is 0 Å². The molecule has 4 aromatic heterocycles. The zero-order valence-electron chi connectivity index (χ0n) is 22.6. The fourth-order valence-electron chi connectivity index (χ4n) is 4.67. The van der Waals surface area contributed by atoms with Crippen molar-refractivity contribution in [2.45, 2.75) is 26.2 Å². The minimum Gasteiger partial charge on any atom is -0.361 e. The molecule has 0 saturated heterocycles. The fourth-order valence-corrected chi connectivity index (χ4v) is 4.67. The third-order valence-corrected chi connectivity index (χ3v) is 6.80. The van der Waals surface area contributed by atoms with E-state index in [9.17, 15) is 9.59 Å². The number of fused-ring (bicyclic) bond motifs is 2. The second-order valence-electron chi connectivity index (χ2n) is 10.7. The van der Waals surface area contributed by atoms with E-state index < -0.39 is 6.03 Å². The first-order chi connectivity index (χ1) is 19.2. The molecule has 2 aromatic carbocycles. The van der Waals surface area contributed by atoms with Crippen molar-refractivity contribution in [3.05, 3.63) is 95.4 Å². The Morgan fingerprint density at radius 3 is 2.65 bits per heavy atom. The highest BCUT2D eigenvalue weighted by molar-refractivity contribution is 6.00. The molecule has 0 spiro atoms. The summed E-state index contributed by atoms with van der Waals surface area (Å²) in [5.41, 5.74) is 4.54. The summed E-state index contributed by atoms with van der Waals surface area (Å²) in [7, 11) is 1.68. The number of aromatic amines is 1. The molecule has 200 valence electrons. The number of H-pyrrole nitrogens is 1. The molecule has 0 saturated carbocycles. The Morgan fingerprint density at radius 1 is 0.975 bits per heavy atom. The van der Waals surface area contributed by atoms with Crippen molar-refractivity contribution in [3.8, 4) is 16.8 Å². The van der Waals surface area contributed by atoms with Gasteiger partial charge in [-0.05, 0) is 48.0 Å². The molecule has 10 heteroatoms. The Labute approximate surface area is 229 Å². The topological polar surface area (TPSA) is 123 Å². The lowest BCUT2D eigenvalue weighted by atomic mass is 9.92. The van der Waals surface area contributed by atoms with Crippen LogP contribution in [0.3, 0.4) is 0 Å². The van der Waals surface area contributed by atoms with Gasteiger partial charge in [0.05, 0.1) is 11.4 Å². The van der Waals surface area contributed by atoms with Crippen LogP contribution in [0.1, 0.15) is 26.5 Å². The van der Waals surface area contributed by atoms with E-state index in [-0.39, 0.29) is 11.0 Å². The Hall–Kier alpha value is -5.25. The third-order valence-electron chi connectivity index (χ3n) is 6.80. The normalized spacial score (nSPS) is 11.7. The number of anilines is 2. The van der Waals surface area contributed by atoms with Gasteiger partial charge in [0, 0.05) is 58.5 Å². The number of nitrogens with one attached hydrogen (secondary N) is 3. The molecule has 0 aliphatic heterocycles. The first kappa shape index (κ1) is 25.1. The van der Waals surface area contributed by atoms with Crippen LogP contribution in [0.4, 0.5) is 16.3 Å². The van der Waals surface area contributed by atoms with E-state index in [0.29, 0.717) is 28.3 Å². The number of nitrogens with zero attached hydrogens (tertiary/aromatic N) is 5. The predicted octanol–water partition coefficient (Wildman–Crippen LogP) is 5.60. The molecular formula is C30H28N8O2. The zero-order chi connectivity index (χ0) is 28.0. The van der Waals surface area contributed by atoms with Crippen LogP contribution in [0.25, 0.3) is 38.8 Å². The molecule has 3 N–H and O–H groups in total. The van der Waals surface area contributed by atoms with Crippen LogP contribution in [0.5, 0.6) is 0 Å². The average Bonchev–Trinajstić information content (AvgIpc) is 3.57. The molecule has 0 aliphatic rings. The number of urea groups is 1. The van der Waals surface area contributed by atoms with Crippen LogP contribution in [-0.4, -0.2) is 35.3 Å². The van der Waals surface area contributed by atoms with Gasteiger partial charge in [0.1, 0.15) is 17.8 Å². The van der Waals surface area contributed by atoms with Gasteiger partial charge in [-0.25, -0.2) is 19.4 Å². The monoisotopic (exact) mass is 532 g/mol. The number of amides is 2. The molecular weight excluding hydrogens is 504 g/mol. The van der Waals surface area contributed by atoms with Gasteiger partial charge in [-0.2, -0.15) is 5.10 Å². The van der Waals surface area contributed by atoms with E-state index in [2.05, 4.69) is 46.4 Å². The highest BCUT2D eigenvalue weighted by Crippen LogP contribution is 2.28. The summed E-state index contributed by atoms with van der Waals surface area (Å²) in [6.07, 6.45) is 4.98.